The lowest BCUT2D eigenvalue weighted by atomic mass is 10.1. The molecule has 3 rings (SSSR count). The molecule has 22 heavy (non-hydrogen) atoms. The molecule has 0 bridgehead atoms. The van der Waals surface area contributed by atoms with Gasteiger partial charge in [0.15, 0.2) is 5.82 Å². The van der Waals surface area contributed by atoms with E-state index in [1.807, 2.05) is 24.3 Å². The number of hydrogen-bond acceptors (Lipinski definition) is 5. The second-order valence-corrected chi connectivity index (χ2v) is 4.67. The Hall–Kier alpha value is -3.22. The molecule has 2 heterocycles. The molecule has 0 aliphatic rings. The van der Waals surface area contributed by atoms with Gasteiger partial charge in [-0.15, -0.1) is 0 Å². The van der Waals surface area contributed by atoms with Gasteiger partial charge >= 0.3 is 0 Å². The molecule has 1 amide bonds. The van der Waals surface area contributed by atoms with E-state index in [4.69, 9.17) is 5.73 Å². The third-order valence-corrected chi connectivity index (χ3v) is 3.18. The molecule has 7 heteroatoms. The van der Waals surface area contributed by atoms with Gasteiger partial charge in [-0.1, -0.05) is 18.2 Å². The number of carbonyl (C=O) groups excluding carboxylic acids is 1. The first-order chi connectivity index (χ1) is 10.7. The van der Waals surface area contributed by atoms with Crippen LogP contribution in [0.15, 0.2) is 49.1 Å². The molecule has 3 aromatic rings. The Morgan fingerprint density at radius 1 is 1.32 bits per heavy atom. The van der Waals surface area contributed by atoms with Crippen molar-refractivity contribution in [3.05, 3.63) is 60.2 Å². The maximum atomic E-state index is 11.4. The number of aromatic nitrogens is 4. The topological polar surface area (TPSA) is 110 Å². The van der Waals surface area contributed by atoms with E-state index in [2.05, 4.69) is 25.5 Å². The Labute approximate surface area is 126 Å². The molecular formula is C15H14N6O. The highest BCUT2D eigenvalue weighted by Gasteiger charge is 2.08. The van der Waals surface area contributed by atoms with Crippen molar-refractivity contribution >= 4 is 11.6 Å². The Morgan fingerprint density at radius 3 is 3.00 bits per heavy atom. The zero-order chi connectivity index (χ0) is 15.4. The first kappa shape index (κ1) is 13.7. The van der Waals surface area contributed by atoms with Crippen molar-refractivity contribution in [1.82, 2.24) is 20.2 Å². The second kappa shape index (κ2) is 6.04. The van der Waals surface area contributed by atoms with Crippen molar-refractivity contribution in [3.63, 3.8) is 0 Å². The van der Waals surface area contributed by atoms with Gasteiger partial charge in [-0.05, 0) is 17.7 Å². The van der Waals surface area contributed by atoms with E-state index in [-0.39, 0.29) is 0 Å². The number of hydrogen-bond donors (Lipinski definition) is 3. The summed E-state index contributed by atoms with van der Waals surface area (Å²) in [6, 6.07) is 9.60. The highest BCUT2D eigenvalue weighted by molar-refractivity contribution is 5.98. The lowest BCUT2D eigenvalue weighted by Crippen LogP contribution is -2.14. The van der Waals surface area contributed by atoms with Crippen molar-refractivity contribution in [2.24, 2.45) is 5.73 Å². The summed E-state index contributed by atoms with van der Waals surface area (Å²) in [4.78, 5) is 19.4. The summed E-state index contributed by atoms with van der Waals surface area (Å²) in [7, 11) is 0. The summed E-state index contributed by atoms with van der Waals surface area (Å²) in [5, 5.41) is 9.87. The molecule has 0 spiro atoms. The van der Waals surface area contributed by atoms with Crippen LogP contribution in [0.1, 0.15) is 15.9 Å². The maximum absolute atomic E-state index is 11.4. The van der Waals surface area contributed by atoms with Crippen LogP contribution < -0.4 is 11.1 Å². The number of nitrogens with zero attached hydrogens (tertiary/aromatic N) is 3. The number of nitrogens with one attached hydrogen (secondary N) is 2. The molecule has 2 aromatic heterocycles. The van der Waals surface area contributed by atoms with Gasteiger partial charge in [-0.2, -0.15) is 5.10 Å². The summed E-state index contributed by atoms with van der Waals surface area (Å²) in [5.41, 5.74) is 8.35. The Balaban J connectivity index is 1.78. The molecular weight excluding hydrogens is 280 g/mol. The van der Waals surface area contributed by atoms with Crippen LogP contribution in [0.3, 0.4) is 0 Å². The molecule has 0 aliphatic carbocycles. The van der Waals surface area contributed by atoms with Crippen LogP contribution in [-0.2, 0) is 6.54 Å². The summed E-state index contributed by atoms with van der Waals surface area (Å²) in [6.07, 6.45) is 4.53. The molecule has 0 atom stereocenters. The lowest BCUT2D eigenvalue weighted by molar-refractivity contribution is 0.100. The fourth-order valence-corrected chi connectivity index (χ4v) is 2.12. The minimum Gasteiger partial charge on any atom is -0.380 e. The van der Waals surface area contributed by atoms with E-state index in [9.17, 15) is 4.79 Å². The van der Waals surface area contributed by atoms with Gasteiger partial charge in [-0.3, -0.25) is 14.9 Å². The van der Waals surface area contributed by atoms with E-state index < -0.39 is 5.91 Å². The average molecular weight is 294 g/mol. The number of primary amides is 1. The Bertz CT molecular complexity index is 784. The smallest absolute Gasteiger partial charge is 0.252 e. The average Bonchev–Trinajstić information content (AvgIpc) is 3.08. The van der Waals surface area contributed by atoms with Gasteiger partial charge in [0.25, 0.3) is 5.91 Å². The number of pyridine rings is 1. The number of rotatable bonds is 5. The van der Waals surface area contributed by atoms with Gasteiger partial charge < -0.3 is 11.1 Å². The van der Waals surface area contributed by atoms with Crippen LogP contribution in [0.5, 0.6) is 0 Å². The second-order valence-electron chi connectivity index (χ2n) is 4.67. The third-order valence-electron chi connectivity index (χ3n) is 3.18. The van der Waals surface area contributed by atoms with Crippen molar-refractivity contribution in [2.45, 2.75) is 6.54 Å². The predicted molar refractivity (Wildman–Crippen MR) is 81.9 cm³/mol. The minimum atomic E-state index is -0.508. The number of anilines is 1. The van der Waals surface area contributed by atoms with Crippen molar-refractivity contribution in [2.75, 3.05) is 5.32 Å². The first-order valence-corrected chi connectivity index (χ1v) is 6.66. The molecule has 4 N–H and O–H groups in total. The van der Waals surface area contributed by atoms with Gasteiger partial charge in [0.05, 0.1) is 11.3 Å². The molecule has 1 aromatic carbocycles. The van der Waals surface area contributed by atoms with Gasteiger partial charge in [0, 0.05) is 24.5 Å². The summed E-state index contributed by atoms with van der Waals surface area (Å²) in [5.74, 6) is 0.203. The Kier molecular flexibility index (Phi) is 3.78. The van der Waals surface area contributed by atoms with Gasteiger partial charge in [0.1, 0.15) is 6.33 Å². The van der Waals surface area contributed by atoms with Crippen LogP contribution in [0.25, 0.3) is 11.4 Å². The third kappa shape index (κ3) is 2.93. The standard InChI is InChI=1S/C15H14N6O/c16-14(22)12-8-17-5-4-13(12)18-7-10-2-1-3-11(6-10)15-19-9-20-21-15/h1-6,8-9H,7H2,(H2,16,22)(H,17,18)(H,19,20,21). The monoisotopic (exact) mass is 294 g/mol. The normalized spacial score (nSPS) is 10.4. The zero-order valence-corrected chi connectivity index (χ0v) is 11.7. The Morgan fingerprint density at radius 2 is 2.23 bits per heavy atom. The van der Waals surface area contributed by atoms with Crippen molar-refractivity contribution in [1.29, 1.82) is 0 Å². The van der Waals surface area contributed by atoms with Gasteiger partial charge in [0.2, 0.25) is 0 Å². The maximum Gasteiger partial charge on any atom is 0.252 e. The van der Waals surface area contributed by atoms with Crippen LogP contribution in [0.2, 0.25) is 0 Å². The first-order valence-electron chi connectivity index (χ1n) is 6.66. The molecule has 0 radical (unpaired) electrons. The van der Waals surface area contributed by atoms with E-state index >= 15 is 0 Å². The number of carbonyl (C=O) groups is 1. The fraction of sp³-hybridized carbons (Fsp3) is 0.0667. The molecule has 0 fully saturated rings. The van der Waals surface area contributed by atoms with Crippen LogP contribution in [0, 0.1) is 0 Å². The number of benzene rings is 1. The van der Waals surface area contributed by atoms with Gasteiger partial charge in [-0.25, -0.2) is 4.98 Å². The number of amides is 1. The van der Waals surface area contributed by atoms with Crippen LogP contribution in [0.4, 0.5) is 5.69 Å². The van der Waals surface area contributed by atoms with E-state index in [0.29, 0.717) is 23.6 Å². The molecule has 0 saturated carbocycles. The molecule has 0 saturated heterocycles. The highest BCUT2D eigenvalue weighted by Crippen LogP contribution is 2.18. The van der Waals surface area contributed by atoms with Crippen LogP contribution >= 0.6 is 0 Å². The quantitative estimate of drug-likeness (QED) is 0.661. The fourth-order valence-electron chi connectivity index (χ4n) is 2.12. The van der Waals surface area contributed by atoms with Crippen molar-refractivity contribution in [3.8, 4) is 11.4 Å². The summed E-state index contributed by atoms with van der Waals surface area (Å²) in [6.45, 7) is 0.548. The van der Waals surface area contributed by atoms with Crippen molar-refractivity contribution < 1.29 is 4.79 Å². The molecule has 0 unspecified atom stereocenters. The molecule has 7 nitrogen and oxygen atoms in total. The van der Waals surface area contributed by atoms with E-state index in [0.717, 1.165) is 11.1 Å². The predicted octanol–water partition coefficient (Wildman–Crippen LogP) is 1.58. The van der Waals surface area contributed by atoms with Crippen LogP contribution in [-0.4, -0.2) is 26.1 Å². The minimum absolute atomic E-state index is 0.369. The number of H-pyrrole nitrogens is 1. The highest BCUT2D eigenvalue weighted by atomic mass is 16.1. The molecule has 0 aliphatic heterocycles. The number of nitrogens with two attached hydrogens (primary N) is 1. The summed E-state index contributed by atoms with van der Waals surface area (Å²) >= 11 is 0. The molecule has 110 valence electrons. The zero-order valence-electron chi connectivity index (χ0n) is 11.7. The lowest BCUT2D eigenvalue weighted by Gasteiger charge is -2.10. The van der Waals surface area contributed by atoms with E-state index in [1.54, 1.807) is 12.3 Å². The van der Waals surface area contributed by atoms with E-state index in [1.165, 1.54) is 12.5 Å². The largest absolute Gasteiger partial charge is 0.380 e. The number of aromatic amines is 1. The summed E-state index contributed by atoms with van der Waals surface area (Å²) < 4.78 is 0. The SMILES string of the molecule is NC(=O)c1cnccc1NCc1cccc(-c2ncn[nH]2)c1.